The van der Waals surface area contributed by atoms with Crippen molar-refractivity contribution in [2.75, 3.05) is 0 Å². The lowest BCUT2D eigenvalue weighted by Gasteiger charge is -2.63. The van der Waals surface area contributed by atoms with Crippen LogP contribution in [0.1, 0.15) is 100 Å². The number of allylic oxidation sites excluding steroid dienone is 2. The molecule has 1 saturated heterocycles. The smallest absolute Gasteiger partial charge is 0.138 e. The van der Waals surface area contributed by atoms with Gasteiger partial charge in [-0.3, -0.25) is 4.79 Å². The predicted molar refractivity (Wildman–Crippen MR) is 134 cm³/mol. The molecule has 1 aliphatic heterocycles. The van der Waals surface area contributed by atoms with Crippen LogP contribution in [0.5, 0.6) is 0 Å². The normalized spacial score (nSPS) is 52.4. The Kier molecular flexibility index (Phi) is 5.44. The quantitative estimate of drug-likeness (QED) is 0.506. The van der Waals surface area contributed by atoms with Crippen LogP contribution < -0.4 is 0 Å². The Morgan fingerprint density at radius 1 is 1.00 bits per heavy atom. The molecule has 4 heteroatoms. The lowest BCUT2D eigenvalue weighted by atomic mass is 9.41. The first-order chi connectivity index (χ1) is 15.6. The van der Waals surface area contributed by atoms with Crippen molar-refractivity contribution in [1.29, 1.82) is 0 Å². The van der Waals surface area contributed by atoms with Crippen LogP contribution in [0.2, 0.25) is 0 Å². The third-order valence-corrected chi connectivity index (χ3v) is 12.6. The molecule has 192 valence electrons. The number of ketones is 1. The summed E-state index contributed by atoms with van der Waals surface area (Å²) in [6.45, 7) is 17.9. The number of hydrogen-bond acceptors (Lipinski definition) is 4. The highest BCUT2D eigenvalue weighted by Crippen LogP contribution is 2.73. The summed E-state index contributed by atoms with van der Waals surface area (Å²) in [5, 5.41) is 21.5. The fourth-order valence-electron chi connectivity index (χ4n) is 10.1. The van der Waals surface area contributed by atoms with Gasteiger partial charge in [0.1, 0.15) is 18.0 Å². The molecule has 4 fully saturated rings. The first-order valence-corrected chi connectivity index (χ1v) is 13.9. The van der Waals surface area contributed by atoms with Crippen LogP contribution in [0.15, 0.2) is 11.6 Å². The fraction of sp³-hybridized carbons (Fsp3) is 0.900. The summed E-state index contributed by atoms with van der Waals surface area (Å²) in [6, 6.07) is 0. The molecule has 0 aromatic rings. The number of aliphatic hydroxyl groups excluding tert-OH is 2. The fourth-order valence-corrected chi connectivity index (χ4v) is 10.1. The third-order valence-electron chi connectivity index (χ3n) is 12.6. The lowest BCUT2D eigenvalue weighted by Crippen LogP contribution is -2.57. The second kappa shape index (κ2) is 7.42. The van der Waals surface area contributed by atoms with Gasteiger partial charge in [0.2, 0.25) is 0 Å². The van der Waals surface area contributed by atoms with Crippen LogP contribution in [0.4, 0.5) is 0 Å². The Morgan fingerprint density at radius 3 is 2.29 bits per heavy atom. The van der Waals surface area contributed by atoms with E-state index >= 15 is 0 Å². The first kappa shape index (κ1) is 25.0. The van der Waals surface area contributed by atoms with E-state index in [4.69, 9.17) is 4.74 Å². The molecule has 0 spiro atoms. The molecule has 0 aromatic carbocycles. The topological polar surface area (TPSA) is 66.8 Å². The van der Waals surface area contributed by atoms with E-state index in [0.29, 0.717) is 23.5 Å². The zero-order valence-electron chi connectivity index (χ0n) is 22.8. The molecule has 4 aliphatic carbocycles. The summed E-state index contributed by atoms with van der Waals surface area (Å²) in [4.78, 5) is 12.8. The maximum atomic E-state index is 12.8. The van der Waals surface area contributed by atoms with Crippen LogP contribution in [-0.2, 0) is 9.53 Å². The summed E-state index contributed by atoms with van der Waals surface area (Å²) in [5.74, 6) is 2.10. The van der Waals surface area contributed by atoms with Crippen LogP contribution in [0, 0.1) is 45.3 Å². The molecule has 5 rings (SSSR count). The highest BCUT2D eigenvalue weighted by atomic mass is 16.6. The molecule has 1 heterocycles. The standard InChI is InChI=1S/C30H48O4/c1-17(24-23(32)25(33)27(4,5)34-24)18-11-15-30(8)20-9-10-21-26(2,3)22(31)13-14-28(21,6)19(20)12-16-29(18,30)7/h9,17-19,21,23-25,32-33H,10-16H2,1-8H3/t17-,18+,19+,21+,23+,24-,25+,28-,29+,30-/m1/s1. The van der Waals surface area contributed by atoms with Gasteiger partial charge in [-0.1, -0.05) is 53.2 Å². The predicted octanol–water partition coefficient (Wildman–Crippen LogP) is 5.70. The van der Waals surface area contributed by atoms with Crippen molar-refractivity contribution in [2.24, 2.45) is 45.3 Å². The summed E-state index contributed by atoms with van der Waals surface area (Å²) in [6.07, 6.45) is 8.07. The number of carbonyl (C=O) groups is 1. The molecule has 2 N–H and O–H groups in total. The Balaban J connectivity index is 1.47. The Hall–Kier alpha value is -0.710. The Labute approximate surface area is 206 Å². The van der Waals surface area contributed by atoms with E-state index in [1.165, 1.54) is 19.3 Å². The minimum Gasteiger partial charge on any atom is -0.388 e. The van der Waals surface area contributed by atoms with Crippen molar-refractivity contribution in [1.82, 2.24) is 0 Å². The highest BCUT2D eigenvalue weighted by molar-refractivity contribution is 5.85. The molecule has 3 saturated carbocycles. The second-order valence-electron chi connectivity index (χ2n) is 14.6. The summed E-state index contributed by atoms with van der Waals surface area (Å²) >= 11 is 0. The SMILES string of the molecule is C[C@@H]([C@H]1OC(C)(C)[C@@H](O)[C@H]1O)[C@@H]1CC[C@]2(C)C3=CC[C@H]4C(C)(C)C(=O)CC[C@]4(C)[C@H]3CC[C@@]12C. The van der Waals surface area contributed by atoms with Gasteiger partial charge in [-0.05, 0) is 92.3 Å². The maximum Gasteiger partial charge on any atom is 0.138 e. The third kappa shape index (κ3) is 2.97. The number of hydrogen-bond donors (Lipinski definition) is 2. The minimum absolute atomic E-state index is 0.145. The largest absolute Gasteiger partial charge is 0.388 e. The number of fused-ring (bicyclic) bond motifs is 5. The van der Waals surface area contributed by atoms with E-state index in [-0.39, 0.29) is 33.7 Å². The van der Waals surface area contributed by atoms with E-state index in [2.05, 4.69) is 47.6 Å². The van der Waals surface area contributed by atoms with Crippen molar-refractivity contribution >= 4 is 5.78 Å². The van der Waals surface area contributed by atoms with E-state index in [0.717, 1.165) is 25.7 Å². The number of Topliss-reactive ketones (excluding diaryl/α,β-unsaturated/α-hetero) is 1. The molecule has 0 amide bonds. The van der Waals surface area contributed by atoms with E-state index in [1.807, 2.05) is 13.8 Å². The van der Waals surface area contributed by atoms with Crippen molar-refractivity contribution in [3.05, 3.63) is 11.6 Å². The average Bonchev–Trinajstić information content (AvgIpc) is 3.15. The highest BCUT2D eigenvalue weighted by Gasteiger charge is 2.66. The van der Waals surface area contributed by atoms with Gasteiger partial charge in [-0.15, -0.1) is 0 Å². The molecule has 0 aromatic heterocycles. The maximum absolute atomic E-state index is 12.8. The molecular formula is C30H48O4. The van der Waals surface area contributed by atoms with Crippen LogP contribution in [0.3, 0.4) is 0 Å². The molecular weight excluding hydrogens is 424 g/mol. The number of rotatable bonds is 2. The molecule has 10 atom stereocenters. The van der Waals surface area contributed by atoms with E-state index < -0.39 is 17.8 Å². The zero-order chi connectivity index (χ0) is 25.1. The van der Waals surface area contributed by atoms with Crippen LogP contribution in [0.25, 0.3) is 0 Å². The number of carbonyl (C=O) groups excluding carboxylic acids is 1. The van der Waals surface area contributed by atoms with Gasteiger partial charge in [0.15, 0.2) is 0 Å². The summed E-state index contributed by atoms with van der Waals surface area (Å²) in [5.41, 5.74) is 1.24. The van der Waals surface area contributed by atoms with Crippen molar-refractivity contribution < 1.29 is 19.7 Å². The molecule has 34 heavy (non-hydrogen) atoms. The number of ether oxygens (including phenoxy) is 1. The van der Waals surface area contributed by atoms with Gasteiger partial charge in [-0.25, -0.2) is 0 Å². The second-order valence-corrected chi connectivity index (χ2v) is 14.6. The van der Waals surface area contributed by atoms with Crippen LogP contribution in [-0.4, -0.2) is 39.9 Å². The van der Waals surface area contributed by atoms with Gasteiger partial charge >= 0.3 is 0 Å². The first-order valence-electron chi connectivity index (χ1n) is 13.9. The van der Waals surface area contributed by atoms with E-state index in [9.17, 15) is 15.0 Å². The molecule has 0 bridgehead atoms. The average molecular weight is 473 g/mol. The van der Waals surface area contributed by atoms with Crippen molar-refractivity contribution in [3.63, 3.8) is 0 Å². The molecule has 5 aliphatic rings. The Morgan fingerprint density at radius 2 is 1.68 bits per heavy atom. The van der Waals surface area contributed by atoms with Gasteiger partial charge < -0.3 is 14.9 Å². The molecule has 4 nitrogen and oxygen atoms in total. The summed E-state index contributed by atoms with van der Waals surface area (Å²) < 4.78 is 6.28. The Bertz CT molecular complexity index is 903. The molecule has 0 unspecified atom stereocenters. The lowest BCUT2D eigenvalue weighted by molar-refractivity contribution is -0.146. The van der Waals surface area contributed by atoms with Gasteiger partial charge in [0.25, 0.3) is 0 Å². The van der Waals surface area contributed by atoms with Crippen molar-refractivity contribution in [3.8, 4) is 0 Å². The van der Waals surface area contributed by atoms with Crippen LogP contribution >= 0.6 is 0 Å². The monoisotopic (exact) mass is 472 g/mol. The number of aliphatic hydroxyl groups is 2. The van der Waals surface area contributed by atoms with Gasteiger partial charge in [0.05, 0.1) is 11.7 Å². The minimum atomic E-state index is -0.841. The zero-order valence-corrected chi connectivity index (χ0v) is 22.8. The van der Waals surface area contributed by atoms with E-state index in [1.54, 1.807) is 5.57 Å². The van der Waals surface area contributed by atoms with Crippen molar-refractivity contribution in [2.45, 2.75) is 124 Å². The molecule has 0 radical (unpaired) electrons. The van der Waals surface area contributed by atoms with Gasteiger partial charge in [-0.2, -0.15) is 0 Å². The summed E-state index contributed by atoms with van der Waals surface area (Å²) in [7, 11) is 0. The van der Waals surface area contributed by atoms with Gasteiger partial charge in [0, 0.05) is 11.8 Å².